The summed E-state index contributed by atoms with van der Waals surface area (Å²) in [5, 5.41) is 3.36. The average molecular weight is 417 g/mol. The van der Waals surface area contributed by atoms with Crippen molar-refractivity contribution in [3.8, 4) is 5.75 Å². The number of carbonyl (C=O) groups excluding carboxylic acids is 3. The highest BCUT2D eigenvalue weighted by molar-refractivity contribution is 5.99. The van der Waals surface area contributed by atoms with E-state index in [0.29, 0.717) is 23.4 Å². The average Bonchev–Trinajstić information content (AvgIpc) is 2.77. The second kappa shape index (κ2) is 10.2. The van der Waals surface area contributed by atoms with E-state index in [2.05, 4.69) is 5.32 Å². The van der Waals surface area contributed by atoms with Crippen molar-refractivity contribution in [2.75, 3.05) is 11.9 Å². The van der Waals surface area contributed by atoms with E-state index in [1.807, 2.05) is 43.3 Å². The number of esters is 2. The summed E-state index contributed by atoms with van der Waals surface area (Å²) in [6, 6.07) is 21.1. The summed E-state index contributed by atoms with van der Waals surface area (Å²) >= 11 is 0. The predicted octanol–water partition coefficient (Wildman–Crippen LogP) is 4.57. The van der Waals surface area contributed by atoms with Crippen LogP contribution in [0.15, 0.2) is 72.8 Å². The lowest BCUT2D eigenvalue weighted by molar-refractivity contribution is -0.131. The van der Waals surface area contributed by atoms with Gasteiger partial charge in [0.1, 0.15) is 5.75 Å². The predicted molar refractivity (Wildman–Crippen MR) is 117 cm³/mol. The normalized spacial score (nSPS) is 10.3. The van der Waals surface area contributed by atoms with Gasteiger partial charge in [-0.3, -0.25) is 9.59 Å². The van der Waals surface area contributed by atoms with Crippen molar-refractivity contribution in [2.45, 2.75) is 20.4 Å². The number of para-hydroxylation sites is 1. The molecule has 0 aliphatic rings. The number of rotatable bonds is 8. The molecule has 0 spiro atoms. The fraction of sp³-hybridized carbons (Fsp3) is 0.160. The van der Waals surface area contributed by atoms with Crippen LogP contribution in [0, 0.1) is 6.92 Å². The van der Waals surface area contributed by atoms with Crippen molar-refractivity contribution >= 4 is 23.4 Å². The van der Waals surface area contributed by atoms with Gasteiger partial charge < -0.3 is 14.8 Å². The standard InChI is InChI=1S/C25H23NO5/c1-17-5-3-4-6-23(17)26-15-19-7-9-21(10-8-19)25(29)30-16-24(28)20-11-13-22(14-12-20)31-18(2)27/h3-14,26H,15-16H2,1-2H3. The Bertz CT molecular complexity index is 1070. The van der Waals surface area contributed by atoms with Gasteiger partial charge in [-0.2, -0.15) is 0 Å². The van der Waals surface area contributed by atoms with Crippen molar-refractivity contribution < 1.29 is 23.9 Å². The molecule has 0 aliphatic carbocycles. The SMILES string of the molecule is CC(=O)Oc1ccc(C(=O)COC(=O)c2ccc(CNc3ccccc3C)cc2)cc1. The number of hydrogen-bond donors (Lipinski definition) is 1. The molecule has 0 fully saturated rings. The molecular formula is C25H23NO5. The van der Waals surface area contributed by atoms with Gasteiger partial charge in [-0.1, -0.05) is 30.3 Å². The number of benzene rings is 3. The maximum Gasteiger partial charge on any atom is 0.338 e. The minimum Gasteiger partial charge on any atom is -0.454 e. The van der Waals surface area contributed by atoms with E-state index in [9.17, 15) is 14.4 Å². The molecule has 6 heteroatoms. The van der Waals surface area contributed by atoms with Crippen LogP contribution in [0.1, 0.15) is 38.8 Å². The summed E-state index contributed by atoms with van der Waals surface area (Å²) in [5.41, 5.74) is 3.97. The Morgan fingerprint density at radius 1 is 0.839 bits per heavy atom. The molecule has 0 saturated carbocycles. The highest BCUT2D eigenvalue weighted by atomic mass is 16.5. The van der Waals surface area contributed by atoms with E-state index in [1.54, 1.807) is 12.1 Å². The summed E-state index contributed by atoms with van der Waals surface area (Å²) in [6.45, 7) is 3.59. The Labute approximate surface area is 180 Å². The molecule has 31 heavy (non-hydrogen) atoms. The van der Waals surface area contributed by atoms with Crippen LogP contribution in [-0.4, -0.2) is 24.3 Å². The first-order valence-corrected chi connectivity index (χ1v) is 9.79. The maximum atomic E-state index is 12.2. The highest BCUT2D eigenvalue weighted by Gasteiger charge is 2.12. The zero-order chi connectivity index (χ0) is 22.2. The Hall–Kier alpha value is -3.93. The van der Waals surface area contributed by atoms with Gasteiger partial charge in [0.15, 0.2) is 12.4 Å². The molecule has 6 nitrogen and oxygen atoms in total. The maximum absolute atomic E-state index is 12.2. The molecule has 0 unspecified atom stereocenters. The molecular weight excluding hydrogens is 394 g/mol. The molecule has 0 aliphatic heterocycles. The van der Waals surface area contributed by atoms with Crippen LogP contribution < -0.4 is 10.1 Å². The van der Waals surface area contributed by atoms with Crippen LogP contribution in [0.25, 0.3) is 0 Å². The molecule has 0 bridgehead atoms. The first-order valence-electron chi connectivity index (χ1n) is 9.79. The number of Topliss-reactive ketones (excluding diaryl/α,β-unsaturated/α-hetero) is 1. The third-order valence-corrected chi connectivity index (χ3v) is 4.59. The van der Waals surface area contributed by atoms with Gasteiger partial charge in [0, 0.05) is 24.7 Å². The fourth-order valence-corrected chi connectivity index (χ4v) is 2.90. The zero-order valence-electron chi connectivity index (χ0n) is 17.4. The number of hydrogen-bond acceptors (Lipinski definition) is 6. The molecule has 0 atom stereocenters. The van der Waals surface area contributed by atoms with E-state index in [-0.39, 0.29) is 12.4 Å². The third-order valence-electron chi connectivity index (χ3n) is 4.59. The quantitative estimate of drug-likeness (QED) is 0.328. The molecule has 1 N–H and O–H groups in total. The molecule has 0 amide bonds. The molecule has 3 aromatic carbocycles. The molecule has 0 aromatic heterocycles. The number of nitrogens with one attached hydrogen (secondary N) is 1. The minimum absolute atomic E-state index is 0.345. The number of aryl methyl sites for hydroxylation is 1. The van der Waals surface area contributed by atoms with Crippen molar-refractivity contribution in [1.82, 2.24) is 0 Å². The summed E-state index contributed by atoms with van der Waals surface area (Å²) in [7, 11) is 0. The van der Waals surface area contributed by atoms with Gasteiger partial charge in [0.05, 0.1) is 5.56 Å². The van der Waals surface area contributed by atoms with Crippen molar-refractivity contribution in [2.24, 2.45) is 0 Å². The molecule has 0 heterocycles. The Morgan fingerprint density at radius 3 is 2.13 bits per heavy atom. The van der Waals surface area contributed by atoms with Gasteiger partial charge in [0.25, 0.3) is 0 Å². The van der Waals surface area contributed by atoms with E-state index in [0.717, 1.165) is 16.8 Å². The first kappa shape index (κ1) is 21.8. The van der Waals surface area contributed by atoms with Crippen LogP contribution in [0.5, 0.6) is 5.75 Å². The second-order valence-electron chi connectivity index (χ2n) is 6.98. The van der Waals surface area contributed by atoms with E-state index >= 15 is 0 Å². The molecule has 158 valence electrons. The second-order valence-corrected chi connectivity index (χ2v) is 6.98. The largest absolute Gasteiger partial charge is 0.454 e. The van der Waals surface area contributed by atoms with Gasteiger partial charge in [0.2, 0.25) is 0 Å². The molecule has 0 radical (unpaired) electrons. The summed E-state index contributed by atoms with van der Waals surface area (Å²) in [4.78, 5) is 35.4. The van der Waals surface area contributed by atoms with Crippen molar-refractivity contribution in [3.05, 3.63) is 95.1 Å². The number of anilines is 1. The van der Waals surface area contributed by atoms with E-state index in [4.69, 9.17) is 9.47 Å². The molecule has 0 saturated heterocycles. The fourth-order valence-electron chi connectivity index (χ4n) is 2.90. The topological polar surface area (TPSA) is 81.7 Å². The Balaban J connectivity index is 1.50. The molecule has 3 aromatic rings. The minimum atomic E-state index is -0.566. The Morgan fingerprint density at radius 2 is 1.48 bits per heavy atom. The van der Waals surface area contributed by atoms with Crippen LogP contribution >= 0.6 is 0 Å². The third kappa shape index (κ3) is 6.27. The van der Waals surface area contributed by atoms with Gasteiger partial charge in [-0.25, -0.2) is 4.79 Å². The lowest BCUT2D eigenvalue weighted by Gasteiger charge is -2.10. The zero-order valence-corrected chi connectivity index (χ0v) is 17.4. The summed E-state index contributed by atoms with van der Waals surface area (Å²) in [6.07, 6.45) is 0. The molecule has 3 rings (SSSR count). The van der Waals surface area contributed by atoms with Gasteiger partial charge in [-0.05, 0) is 60.5 Å². The number of carbonyl (C=O) groups is 3. The van der Waals surface area contributed by atoms with Crippen LogP contribution in [0.4, 0.5) is 5.69 Å². The summed E-state index contributed by atoms with van der Waals surface area (Å²) in [5.74, 6) is -1.01. The van der Waals surface area contributed by atoms with E-state index in [1.165, 1.54) is 31.2 Å². The highest BCUT2D eigenvalue weighted by Crippen LogP contribution is 2.16. The van der Waals surface area contributed by atoms with Crippen LogP contribution in [-0.2, 0) is 16.1 Å². The van der Waals surface area contributed by atoms with E-state index < -0.39 is 11.9 Å². The summed E-state index contributed by atoms with van der Waals surface area (Å²) < 4.78 is 10.1. The van der Waals surface area contributed by atoms with Gasteiger partial charge in [-0.15, -0.1) is 0 Å². The monoisotopic (exact) mass is 417 g/mol. The number of ketones is 1. The number of ether oxygens (including phenoxy) is 2. The lowest BCUT2D eigenvalue weighted by atomic mass is 10.1. The van der Waals surface area contributed by atoms with Crippen LogP contribution in [0.3, 0.4) is 0 Å². The van der Waals surface area contributed by atoms with Crippen molar-refractivity contribution in [1.29, 1.82) is 0 Å². The van der Waals surface area contributed by atoms with Crippen molar-refractivity contribution in [3.63, 3.8) is 0 Å². The van der Waals surface area contributed by atoms with Crippen LogP contribution in [0.2, 0.25) is 0 Å². The first-order chi connectivity index (χ1) is 14.9. The smallest absolute Gasteiger partial charge is 0.338 e. The Kier molecular flexibility index (Phi) is 7.17. The van der Waals surface area contributed by atoms with Gasteiger partial charge >= 0.3 is 11.9 Å². The lowest BCUT2D eigenvalue weighted by Crippen LogP contribution is -2.14.